The third-order valence-electron chi connectivity index (χ3n) is 4.20. The highest BCUT2D eigenvalue weighted by Crippen LogP contribution is 2.37. The van der Waals surface area contributed by atoms with Gasteiger partial charge in [-0.25, -0.2) is 4.79 Å². The van der Waals surface area contributed by atoms with Crippen molar-refractivity contribution in [3.05, 3.63) is 16.5 Å². The normalized spacial score (nSPS) is 16.2. The van der Waals surface area contributed by atoms with Gasteiger partial charge in [-0.3, -0.25) is 10.1 Å². The van der Waals surface area contributed by atoms with Gasteiger partial charge in [-0.1, -0.05) is 32.5 Å². The lowest BCUT2D eigenvalue weighted by atomic mass is 9.90. The molecule has 3 rings (SSSR count). The summed E-state index contributed by atoms with van der Waals surface area (Å²) in [5.74, 6) is 1.16. The van der Waals surface area contributed by atoms with E-state index in [1.807, 2.05) is 13.8 Å². The monoisotopic (exact) mass is 408 g/mol. The van der Waals surface area contributed by atoms with Crippen molar-refractivity contribution in [1.29, 1.82) is 0 Å². The lowest BCUT2D eigenvalue weighted by Gasteiger charge is -2.16. The zero-order valence-electron chi connectivity index (χ0n) is 15.7. The van der Waals surface area contributed by atoms with Crippen LogP contribution in [0.3, 0.4) is 0 Å². The molecule has 2 heterocycles. The Morgan fingerprint density at radius 2 is 2.22 bits per heavy atom. The molecule has 3 amide bonds. The van der Waals surface area contributed by atoms with Crippen LogP contribution < -0.4 is 10.6 Å². The van der Waals surface area contributed by atoms with E-state index in [1.54, 1.807) is 11.3 Å². The van der Waals surface area contributed by atoms with Gasteiger partial charge in [0, 0.05) is 11.4 Å². The summed E-state index contributed by atoms with van der Waals surface area (Å²) in [5, 5.41) is 13.3. The summed E-state index contributed by atoms with van der Waals surface area (Å²) < 4.78 is 5.68. The van der Waals surface area contributed by atoms with Crippen LogP contribution in [0.25, 0.3) is 10.8 Å². The van der Waals surface area contributed by atoms with E-state index < -0.39 is 11.9 Å². The number of thiophene rings is 1. The van der Waals surface area contributed by atoms with Crippen molar-refractivity contribution in [2.24, 2.45) is 11.8 Å². The van der Waals surface area contributed by atoms with Gasteiger partial charge in [0.05, 0.1) is 10.6 Å². The van der Waals surface area contributed by atoms with Gasteiger partial charge in [-0.15, -0.1) is 21.5 Å². The highest BCUT2D eigenvalue weighted by Gasteiger charge is 2.21. The van der Waals surface area contributed by atoms with E-state index in [1.165, 1.54) is 16.9 Å². The topological polar surface area (TPSA) is 97.1 Å². The van der Waals surface area contributed by atoms with Crippen LogP contribution in [-0.4, -0.2) is 34.4 Å². The Morgan fingerprint density at radius 1 is 1.41 bits per heavy atom. The first kappa shape index (κ1) is 19.9. The molecule has 0 aromatic carbocycles. The molecule has 0 aliphatic heterocycles. The van der Waals surface area contributed by atoms with E-state index in [9.17, 15) is 9.59 Å². The summed E-state index contributed by atoms with van der Waals surface area (Å²) >= 11 is 2.82. The molecule has 0 unspecified atom stereocenters. The molecule has 2 aromatic heterocycles. The van der Waals surface area contributed by atoms with Crippen LogP contribution in [0.1, 0.15) is 37.6 Å². The maximum Gasteiger partial charge on any atom is 0.321 e. The first-order chi connectivity index (χ1) is 12.9. The van der Waals surface area contributed by atoms with E-state index in [0.717, 1.165) is 29.5 Å². The standard InChI is InChI=1S/C18H24N4O3S2/c1-10(2)8-19-17(24)20-15(23)9-26-18-22-21-16(25-18)14-7-12-6-11(3)4-5-13(12)27-14/h7,10-11H,4-6,8-9H2,1-3H3,(H2,19,20,23,24)/t11-/m1/s1. The van der Waals surface area contributed by atoms with Gasteiger partial charge in [0.1, 0.15) is 0 Å². The van der Waals surface area contributed by atoms with Crippen molar-refractivity contribution in [3.8, 4) is 10.8 Å². The van der Waals surface area contributed by atoms with Gasteiger partial charge in [0.2, 0.25) is 5.91 Å². The van der Waals surface area contributed by atoms with Crippen LogP contribution in [0, 0.1) is 11.8 Å². The zero-order chi connectivity index (χ0) is 19.4. The first-order valence-electron chi connectivity index (χ1n) is 9.06. The molecule has 1 aliphatic carbocycles. The number of carbonyl (C=O) groups excluding carboxylic acids is 2. The number of nitrogens with zero attached hydrogens (tertiary/aromatic N) is 2. The maximum atomic E-state index is 11.8. The summed E-state index contributed by atoms with van der Waals surface area (Å²) in [6.07, 6.45) is 3.42. The fourth-order valence-corrected chi connectivity index (χ4v) is 4.50. The molecule has 0 saturated heterocycles. The summed E-state index contributed by atoms with van der Waals surface area (Å²) in [4.78, 5) is 25.8. The van der Waals surface area contributed by atoms with Gasteiger partial charge < -0.3 is 9.73 Å². The number of imide groups is 1. The summed E-state index contributed by atoms with van der Waals surface area (Å²) in [6, 6.07) is 1.66. The molecule has 1 aliphatic rings. The minimum Gasteiger partial charge on any atom is -0.410 e. The summed E-state index contributed by atoms with van der Waals surface area (Å²) in [7, 11) is 0. The molecule has 2 N–H and O–H groups in total. The molecule has 0 spiro atoms. The number of thioether (sulfide) groups is 1. The van der Waals surface area contributed by atoms with Crippen molar-refractivity contribution in [3.63, 3.8) is 0 Å². The second-order valence-electron chi connectivity index (χ2n) is 7.22. The average Bonchev–Trinajstić information content (AvgIpc) is 3.24. The van der Waals surface area contributed by atoms with Crippen molar-refractivity contribution < 1.29 is 14.0 Å². The molecule has 27 heavy (non-hydrogen) atoms. The fourth-order valence-electron chi connectivity index (χ4n) is 2.81. The lowest BCUT2D eigenvalue weighted by Crippen LogP contribution is -2.41. The van der Waals surface area contributed by atoms with Crippen molar-refractivity contribution in [1.82, 2.24) is 20.8 Å². The number of aryl methyl sites for hydroxylation is 1. The highest BCUT2D eigenvalue weighted by molar-refractivity contribution is 7.99. The fraction of sp³-hybridized carbons (Fsp3) is 0.556. The van der Waals surface area contributed by atoms with Crippen LogP contribution in [0.4, 0.5) is 4.79 Å². The Morgan fingerprint density at radius 3 is 3.00 bits per heavy atom. The highest BCUT2D eigenvalue weighted by atomic mass is 32.2. The maximum absolute atomic E-state index is 11.8. The van der Waals surface area contributed by atoms with Gasteiger partial charge in [-0.05, 0) is 42.7 Å². The Labute approximate surface area is 166 Å². The molecule has 0 saturated carbocycles. The van der Waals surface area contributed by atoms with Crippen LogP contribution >= 0.6 is 23.1 Å². The van der Waals surface area contributed by atoms with Crippen molar-refractivity contribution in [2.45, 2.75) is 45.3 Å². The van der Waals surface area contributed by atoms with Crippen LogP contribution in [0.15, 0.2) is 15.7 Å². The van der Waals surface area contributed by atoms with E-state index in [0.29, 0.717) is 29.5 Å². The van der Waals surface area contributed by atoms with Gasteiger partial charge in [-0.2, -0.15) is 0 Å². The van der Waals surface area contributed by atoms with Gasteiger partial charge in [0.25, 0.3) is 11.1 Å². The second-order valence-corrected chi connectivity index (χ2v) is 9.28. The molecule has 9 heteroatoms. The van der Waals surface area contributed by atoms with E-state index in [-0.39, 0.29) is 5.75 Å². The molecule has 0 radical (unpaired) electrons. The predicted molar refractivity (Wildman–Crippen MR) is 106 cm³/mol. The van der Waals surface area contributed by atoms with Crippen LogP contribution in [0.2, 0.25) is 0 Å². The quantitative estimate of drug-likeness (QED) is 0.710. The number of fused-ring (bicyclic) bond motifs is 1. The van der Waals surface area contributed by atoms with Crippen molar-refractivity contribution in [2.75, 3.05) is 12.3 Å². The number of nitrogens with one attached hydrogen (secondary N) is 2. The van der Waals surface area contributed by atoms with E-state index >= 15 is 0 Å². The number of carbonyl (C=O) groups is 2. The van der Waals surface area contributed by atoms with Crippen LogP contribution in [-0.2, 0) is 17.6 Å². The number of rotatable bonds is 6. The molecule has 1 atom stereocenters. The van der Waals surface area contributed by atoms with Crippen LogP contribution in [0.5, 0.6) is 0 Å². The zero-order valence-corrected chi connectivity index (χ0v) is 17.3. The van der Waals surface area contributed by atoms with Gasteiger partial charge >= 0.3 is 6.03 Å². The molecule has 0 fully saturated rings. The number of aromatic nitrogens is 2. The molecule has 146 valence electrons. The molecular weight excluding hydrogens is 384 g/mol. The lowest BCUT2D eigenvalue weighted by molar-refractivity contribution is -0.117. The van der Waals surface area contributed by atoms with Gasteiger partial charge in [0.15, 0.2) is 0 Å². The number of hydrogen-bond donors (Lipinski definition) is 2. The first-order valence-corrected chi connectivity index (χ1v) is 10.9. The second kappa shape index (κ2) is 8.88. The Bertz CT molecular complexity index is 815. The Hall–Kier alpha value is -1.87. The molecule has 0 bridgehead atoms. The third kappa shape index (κ3) is 5.55. The molecule has 2 aromatic rings. The molecular formula is C18H24N4O3S2. The van der Waals surface area contributed by atoms with E-state index in [4.69, 9.17) is 4.42 Å². The summed E-state index contributed by atoms with van der Waals surface area (Å²) in [6.45, 7) is 6.75. The number of amides is 3. The Balaban J connectivity index is 1.51. The minimum atomic E-state index is -0.487. The summed E-state index contributed by atoms with van der Waals surface area (Å²) in [5.41, 5.74) is 1.38. The smallest absolute Gasteiger partial charge is 0.321 e. The van der Waals surface area contributed by atoms with Crippen molar-refractivity contribution >= 4 is 35.0 Å². The third-order valence-corrected chi connectivity index (χ3v) is 6.24. The number of hydrogen-bond acceptors (Lipinski definition) is 7. The number of urea groups is 1. The predicted octanol–water partition coefficient (Wildman–Crippen LogP) is 3.50. The molecule has 7 nitrogen and oxygen atoms in total. The largest absolute Gasteiger partial charge is 0.410 e. The SMILES string of the molecule is CC(C)CNC(=O)NC(=O)CSc1nnc(-c2cc3c(s2)CC[C@@H](C)C3)o1. The Kier molecular flexibility index (Phi) is 6.54. The van der Waals surface area contributed by atoms with E-state index in [2.05, 4.69) is 33.8 Å². The average molecular weight is 409 g/mol. The minimum absolute atomic E-state index is 0.0369.